The predicted molar refractivity (Wildman–Crippen MR) is 133 cm³/mol. The Labute approximate surface area is 200 Å². The van der Waals surface area contributed by atoms with Crippen molar-refractivity contribution in [2.75, 3.05) is 34.3 Å². The van der Waals surface area contributed by atoms with Gasteiger partial charge < -0.3 is 25.4 Å². The Balaban J connectivity index is 1.77. The van der Waals surface area contributed by atoms with E-state index in [9.17, 15) is 9.90 Å². The summed E-state index contributed by atoms with van der Waals surface area (Å²) in [6, 6.07) is 8.46. The van der Waals surface area contributed by atoms with Crippen molar-refractivity contribution in [1.29, 1.82) is 0 Å². The van der Waals surface area contributed by atoms with Gasteiger partial charge >= 0.3 is 0 Å². The Bertz CT molecular complexity index is 808. The fourth-order valence-electron chi connectivity index (χ4n) is 6.45. The van der Waals surface area contributed by atoms with E-state index in [0.717, 1.165) is 56.5 Å². The highest BCUT2D eigenvalue weighted by Gasteiger charge is 2.61. The molecule has 6 heteroatoms. The van der Waals surface area contributed by atoms with Gasteiger partial charge in [0.05, 0.1) is 12.7 Å². The zero-order valence-electron chi connectivity index (χ0n) is 21.5. The average molecular weight is 460 g/mol. The Morgan fingerprint density at radius 3 is 2.61 bits per heavy atom. The smallest absolute Gasteiger partial charge is 0.220 e. The Hall–Kier alpha value is -1.63. The number of nitrogens with zero attached hydrogens (tertiary/aromatic N) is 1. The number of methoxy groups -OCH3 is 1. The summed E-state index contributed by atoms with van der Waals surface area (Å²) in [6.45, 7) is 8.93. The van der Waals surface area contributed by atoms with Crippen molar-refractivity contribution in [3.05, 3.63) is 29.8 Å². The number of benzene rings is 1. The quantitative estimate of drug-likeness (QED) is 0.499. The molecule has 6 nitrogen and oxygen atoms in total. The molecule has 0 bridgehead atoms. The van der Waals surface area contributed by atoms with E-state index in [1.807, 2.05) is 39.2 Å². The summed E-state index contributed by atoms with van der Waals surface area (Å²) in [5.74, 6) is 1.41. The van der Waals surface area contributed by atoms with E-state index in [1.54, 1.807) is 7.11 Å². The van der Waals surface area contributed by atoms with Gasteiger partial charge in [0.1, 0.15) is 5.75 Å². The second-order valence-electron chi connectivity index (χ2n) is 11.6. The van der Waals surface area contributed by atoms with Gasteiger partial charge in [-0.25, -0.2) is 0 Å². The molecule has 1 aromatic rings. The van der Waals surface area contributed by atoms with Crippen molar-refractivity contribution in [2.45, 2.75) is 77.5 Å². The van der Waals surface area contributed by atoms with E-state index in [4.69, 9.17) is 4.74 Å². The van der Waals surface area contributed by atoms with Crippen molar-refractivity contribution in [3.8, 4) is 5.75 Å². The molecule has 0 aromatic heterocycles. The van der Waals surface area contributed by atoms with Gasteiger partial charge in [-0.3, -0.25) is 4.79 Å². The molecule has 186 valence electrons. The van der Waals surface area contributed by atoms with Crippen LogP contribution >= 0.6 is 0 Å². The molecule has 0 heterocycles. The van der Waals surface area contributed by atoms with E-state index in [-0.39, 0.29) is 16.7 Å². The number of amides is 1. The molecule has 0 radical (unpaired) electrons. The molecular formula is C27H45N3O3. The standard InChI is InChI=1S/C27H45N3O3/c1-25(2)18-23(29-19-20-9-7-8-10-21(20)33-6)27(14-13-26(3,32)17-22(25)27)12-11-24(31)28-15-16-30(4)5/h7-10,22-23,29,32H,11-19H2,1-6H3,(H,28,31). The molecule has 33 heavy (non-hydrogen) atoms. The van der Waals surface area contributed by atoms with Crippen LogP contribution in [0.25, 0.3) is 0 Å². The molecule has 3 N–H and O–H groups in total. The van der Waals surface area contributed by atoms with Crippen molar-refractivity contribution >= 4 is 5.91 Å². The highest BCUT2D eigenvalue weighted by molar-refractivity contribution is 5.75. The van der Waals surface area contributed by atoms with Crippen molar-refractivity contribution in [2.24, 2.45) is 16.7 Å². The van der Waals surface area contributed by atoms with Crippen LogP contribution in [0.1, 0.15) is 64.9 Å². The van der Waals surface area contributed by atoms with Crippen LogP contribution in [0, 0.1) is 16.7 Å². The fraction of sp³-hybridized carbons (Fsp3) is 0.741. The maximum absolute atomic E-state index is 12.7. The molecular weight excluding hydrogens is 414 g/mol. The van der Waals surface area contributed by atoms with Crippen LogP contribution in [-0.2, 0) is 11.3 Å². The SMILES string of the molecule is COc1ccccc1CNC1CC(C)(C)C2CC(C)(O)CCC12CCC(=O)NCCN(C)C. The summed E-state index contributed by atoms with van der Waals surface area (Å²) < 4.78 is 5.56. The second-order valence-corrected chi connectivity index (χ2v) is 11.6. The molecule has 0 spiro atoms. The van der Waals surface area contributed by atoms with Gasteiger partial charge in [-0.05, 0) is 75.9 Å². The summed E-state index contributed by atoms with van der Waals surface area (Å²) in [5, 5.41) is 17.9. The molecule has 0 aliphatic heterocycles. The lowest BCUT2D eigenvalue weighted by atomic mass is 9.57. The van der Waals surface area contributed by atoms with Gasteiger partial charge in [-0.15, -0.1) is 0 Å². The van der Waals surface area contributed by atoms with Crippen molar-refractivity contribution in [3.63, 3.8) is 0 Å². The third-order valence-corrected chi connectivity index (χ3v) is 8.26. The topological polar surface area (TPSA) is 73.8 Å². The van der Waals surface area contributed by atoms with E-state index in [2.05, 4.69) is 35.4 Å². The highest BCUT2D eigenvalue weighted by Crippen LogP contribution is 2.63. The van der Waals surface area contributed by atoms with Crippen LogP contribution in [0.15, 0.2) is 24.3 Å². The van der Waals surface area contributed by atoms with Gasteiger partial charge in [-0.1, -0.05) is 32.0 Å². The molecule has 2 fully saturated rings. The summed E-state index contributed by atoms with van der Waals surface area (Å²) in [5.41, 5.74) is 0.633. The lowest BCUT2D eigenvalue weighted by Crippen LogP contribution is -2.51. The number of aliphatic hydroxyl groups is 1. The minimum Gasteiger partial charge on any atom is -0.496 e. The van der Waals surface area contributed by atoms with E-state index in [0.29, 0.717) is 24.9 Å². The minimum atomic E-state index is -0.628. The van der Waals surface area contributed by atoms with E-state index in [1.165, 1.54) is 0 Å². The molecule has 1 aromatic carbocycles. The molecule has 2 aliphatic rings. The number of hydrogen-bond acceptors (Lipinski definition) is 5. The number of likely N-dealkylation sites (N-methyl/N-ethyl adjacent to an activating group) is 1. The minimum absolute atomic E-state index is 0.00659. The third-order valence-electron chi connectivity index (χ3n) is 8.26. The first-order valence-electron chi connectivity index (χ1n) is 12.5. The van der Waals surface area contributed by atoms with Crippen molar-refractivity contribution in [1.82, 2.24) is 15.5 Å². The summed E-state index contributed by atoms with van der Waals surface area (Å²) in [7, 11) is 5.75. The number of fused-ring (bicyclic) bond motifs is 1. The fourth-order valence-corrected chi connectivity index (χ4v) is 6.45. The largest absolute Gasteiger partial charge is 0.496 e. The van der Waals surface area contributed by atoms with Crippen LogP contribution in [-0.4, -0.2) is 61.9 Å². The summed E-state index contributed by atoms with van der Waals surface area (Å²) in [6.07, 6.45) is 4.97. The highest BCUT2D eigenvalue weighted by atomic mass is 16.5. The number of carbonyl (C=O) groups is 1. The van der Waals surface area contributed by atoms with Crippen LogP contribution in [0.2, 0.25) is 0 Å². The summed E-state index contributed by atoms with van der Waals surface area (Å²) >= 11 is 0. The Morgan fingerprint density at radius 2 is 1.91 bits per heavy atom. The molecule has 0 saturated heterocycles. The normalized spacial score (nSPS) is 30.8. The van der Waals surface area contributed by atoms with Crippen molar-refractivity contribution < 1.29 is 14.6 Å². The lowest BCUT2D eigenvalue weighted by molar-refractivity contribution is -0.123. The third kappa shape index (κ3) is 6.09. The van der Waals surface area contributed by atoms with Gasteiger partial charge in [0, 0.05) is 37.7 Å². The van der Waals surface area contributed by atoms with E-state index < -0.39 is 5.60 Å². The molecule has 4 atom stereocenters. The maximum Gasteiger partial charge on any atom is 0.220 e. The first-order chi connectivity index (χ1) is 15.5. The summed E-state index contributed by atoms with van der Waals surface area (Å²) in [4.78, 5) is 14.8. The average Bonchev–Trinajstić information content (AvgIpc) is 2.96. The molecule has 4 unspecified atom stereocenters. The molecule has 1 amide bonds. The lowest BCUT2D eigenvalue weighted by Gasteiger charge is -2.51. The first kappa shape index (κ1) is 26.0. The van der Waals surface area contributed by atoms with Gasteiger partial charge in [0.15, 0.2) is 0 Å². The number of rotatable bonds is 10. The first-order valence-corrected chi connectivity index (χ1v) is 12.5. The monoisotopic (exact) mass is 459 g/mol. The van der Waals surface area contributed by atoms with Gasteiger partial charge in [0.2, 0.25) is 5.91 Å². The Kier molecular flexibility index (Phi) is 8.13. The van der Waals surface area contributed by atoms with Gasteiger partial charge in [-0.2, -0.15) is 0 Å². The van der Waals surface area contributed by atoms with Crippen LogP contribution < -0.4 is 15.4 Å². The number of para-hydroxylation sites is 1. The number of hydrogen-bond donors (Lipinski definition) is 3. The van der Waals surface area contributed by atoms with E-state index >= 15 is 0 Å². The van der Waals surface area contributed by atoms with Crippen LogP contribution in [0.4, 0.5) is 0 Å². The zero-order valence-corrected chi connectivity index (χ0v) is 21.5. The molecule has 2 aliphatic carbocycles. The van der Waals surface area contributed by atoms with Crippen LogP contribution in [0.5, 0.6) is 5.75 Å². The molecule has 2 saturated carbocycles. The number of carbonyl (C=O) groups excluding carboxylic acids is 1. The van der Waals surface area contributed by atoms with Crippen LogP contribution in [0.3, 0.4) is 0 Å². The van der Waals surface area contributed by atoms with Gasteiger partial charge in [0.25, 0.3) is 0 Å². The maximum atomic E-state index is 12.7. The predicted octanol–water partition coefficient (Wildman–Crippen LogP) is 3.58. The second kappa shape index (κ2) is 10.3. The number of ether oxygens (including phenoxy) is 1. The Morgan fingerprint density at radius 1 is 1.18 bits per heavy atom. The number of nitrogens with one attached hydrogen (secondary N) is 2. The molecule has 3 rings (SSSR count). The zero-order chi connectivity index (χ0) is 24.3.